The van der Waals surface area contributed by atoms with E-state index in [0.29, 0.717) is 18.0 Å². The van der Waals surface area contributed by atoms with Crippen LogP contribution in [0.5, 0.6) is 0 Å². The third kappa shape index (κ3) is 6.14. The van der Waals surface area contributed by atoms with E-state index < -0.39 is 10.0 Å². The minimum atomic E-state index is -3.89. The second kappa shape index (κ2) is 10.7. The number of nitrogens with zero attached hydrogens (tertiary/aromatic N) is 1. The van der Waals surface area contributed by atoms with Crippen molar-refractivity contribution < 1.29 is 13.2 Å². The summed E-state index contributed by atoms with van der Waals surface area (Å²) >= 11 is 1.65. The smallest absolute Gasteiger partial charge is 0.264 e. The van der Waals surface area contributed by atoms with Gasteiger partial charge in [-0.1, -0.05) is 53.6 Å². The summed E-state index contributed by atoms with van der Waals surface area (Å²) in [7, 11) is -3.89. The van der Waals surface area contributed by atoms with E-state index in [9.17, 15) is 13.2 Å². The summed E-state index contributed by atoms with van der Waals surface area (Å²) in [5.41, 5.74) is 3.53. The average molecular weight is 469 g/mol. The Morgan fingerprint density at radius 1 is 0.906 bits per heavy atom. The van der Waals surface area contributed by atoms with E-state index in [4.69, 9.17) is 0 Å². The Hall–Kier alpha value is -2.77. The Kier molecular flexibility index (Phi) is 7.99. The summed E-state index contributed by atoms with van der Waals surface area (Å²) in [6, 6.07) is 21.9. The van der Waals surface area contributed by atoms with Crippen molar-refractivity contribution in [1.82, 2.24) is 5.32 Å². The van der Waals surface area contributed by atoms with E-state index >= 15 is 0 Å². The maximum atomic E-state index is 13.4. The summed E-state index contributed by atoms with van der Waals surface area (Å²) in [5, 5.41) is 2.85. The van der Waals surface area contributed by atoms with Crippen molar-refractivity contribution in [2.75, 3.05) is 23.1 Å². The molecule has 3 aromatic rings. The molecule has 0 bridgehead atoms. The zero-order valence-electron chi connectivity index (χ0n) is 18.5. The molecular weight excluding hydrogens is 440 g/mol. The molecule has 0 saturated heterocycles. The fourth-order valence-electron chi connectivity index (χ4n) is 3.28. The molecule has 3 rings (SSSR count). The summed E-state index contributed by atoms with van der Waals surface area (Å²) in [6.07, 6.45) is 0. The molecule has 1 N–H and O–H groups in total. The summed E-state index contributed by atoms with van der Waals surface area (Å²) in [4.78, 5) is 14.0. The molecule has 32 heavy (non-hydrogen) atoms. The zero-order valence-corrected chi connectivity index (χ0v) is 20.2. The highest BCUT2D eigenvalue weighted by Crippen LogP contribution is 2.27. The van der Waals surface area contributed by atoms with Gasteiger partial charge in [-0.05, 0) is 56.7 Å². The van der Waals surface area contributed by atoms with Gasteiger partial charge in [0.15, 0.2) is 0 Å². The second-order valence-corrected chi connectivity index (χ2v) is 10.7. The summed E-state index contributed by atoms with van der Waals surface area (Å²) in [5.74, 6) is 0.359. The number of thioether (sulfide) groups is 1. The van der Waals surface area contributed by atoms with E-state index in [0.717, 1.165) is 16.0 Å². The number of amides is 1. The number of anilines is 1. The fourth-order valence-corrected chi connectivity index (χ4v) is 5.56. The Morgan fingerprint density at radius 3 is 2.22 bits per heavy atom. The molecule has 168 valence electrons. The van der Waals surface area contributed by atoms with Crippen LogP contribution < -0.4 is 9.62 Å². The number of carbonyl (C=O) groups is 1. The molecule has 0 aromatic heterocycles. The van der Waals surface area contributed by atoms with Crippen LogP contribution in [0.1, 0.15) is 16.7 Å². The number of carbonyl (C=O) groups excluding carboxylic acids is 1. The van der Waals surface area contributed by atoms with Crippen LogP contribution in [-0.2, 0) is 14.8 Å². The van der Waals surface area contributed by atoms with E-state index in [2.05, 4.69) is 29.6 Å². The van der Waals surface area contributed by atoms with E-state index in [1.807, 2.05) is 32.9 Å². The van der Waals surface area contributed by atoms with Gasteiger partial charge < -0.3 is 5.32 Å². The third-order valence-electron chi connectivity index (χ3n) is 4.95. The first-order valence-electron chi connectivity index (χ1n) is 10.4. The van der Waals surface area contributed by atoms with Crippen LogP contribution in [-0.4, -0.2) is 33.2 Å². The lowest BCUT2D eigenvalue weighted by Crippen LogP contribution is -2.41. The maximum Gasteiger partial charge on any atom is 0.264 e. The first-order chi connectivity index (χ1) is 15.3. The molecule has 0 heterocycles. The van der Waals surface area contributed by atoms with Crippen LogP contribution in [0.2, 0.25) is 0 Å². The van der Waals surface area contributed by atoms with Crippen molar-refractivity contribution in [3.05, 3.63) is 89.5 Å². The number of hydrogen-bond acceptors (Lipinski definition) is 4. The number of aryl methyl sites for hydroxylation is 3. The lowest BCUT2D eigenvalue weighted by atomic mass is 10.1. The highest BCUT2D eigenvalue weighted by atomic mass is 32.2. The molecule has 0 unspecified atom stereocenters. The molecular formula is C25H28N2O3S2. The average Bonchev–Trinajstić information content (AvgIpc) is 2.77. The SMILES string of the molecule is Cc1ccc(SCCNC(=O)CN(c2ccc(C)cc2C)S(=O)(=O)c2ccccc2)cc1. The topological polar surface area (TPSA) is 66.5 Å². The minimum absolute atomic E-state index is 0.155. The van der Waals surface area contributed by atoms with E-state index in [1.165, 1.54) is 9.87 Å². The predicted molar refractivity (Wildman–Crippen MR) is 132 cm³/mol. The van der Waals surface area contributed by atoms with Crippen LogP contribution in [0.3, 0.4) is 0 Å². The quantitative estimate of drug-likeness (QED) is 0.365. The maximum absolute atomic E-state index is 13.4. The van der Waals surface area contributed by atoms with E-state index in [-0.39, 0.29) is 17.3 Å². The monoisotopic (exact) mass is 468 g/mol. The molecule has 0 aliphatic rings. The molecule has 0 spiro atoms. The van der Waals surface area contributed by atoms with Gasteiger partial charge >= 0.3 is 0 Å². The van der Waals surface area contributed by atoms with Gasteiger partial charge in [-0.25, -0.2) is 8.42 Å². The highest BCUT2D eigenvalue weighted by molar-refractivity contribution is 7.99. The zero-order chi connectivity index (χ0) is 23.1. The minimum Gasteiger partial charge on any atom is -0.354 e. The molecule has 0 aliphatic carbocycles. The van der Waals surface area contributed by atoms with Gasteiger partial charge in [-0.3, -0.25) is 9.10 Å². The molecule has 0 aliphatic heterocycles. The molecule has 5 nitrogen and oxygen atoms in total. The highest BCUT2D eigenvalue weighted by Gasteiger charge is 2.28. The standard InChI is InChI=1S/C25H28N2O3S2/c1-19-9-12-22(13-10-19)31-16-15-26-25(28)18-27(24-14-11-20(2)17-21(24)3)32(29,30)23-7-5-4-6-8-23/h4-14,17H,15-16,18H2,1-3H3,(H,26,28). The van der Waals surface area contributed by atoms with Crippen LogP contribution in [0.25, 0.3) is 0 Å². The van der Waals surface area contributed by atoms with Crippen molar-refractivity contribution in [1.29, 1.82) is 0 Å². The molecule has 0 radical (unpaired) electrons. The Labute approximate surface area is 194 Å². The largest absolute Gasteiger partial charge is 0.354 e. The Morgan fingerprint density at radius 2 is 1.56 bits per heavy atom. The van der Waals surface area contributed by atoms with Gasteiger partial charge in [0.05, 0.1) is 10.6 Å². The summed E-state index contributed by atoms with van der Waals surface area (Å²) in [6.45, 7) is 6.01. The van der Waals surface area contributed by atoms with Crippen molar-refractivity contribution in [2.24, 2.45) is 0 Å². The number of nitrogens with one attached hydrogen (secondary N) is 1. The Bertz CT molecular complexity index is 1160. The van der Waals surface area contributed by atoms with Crippen molar-refractivity contribution in [3.8, 4) is 0 Å². The van der Waals surface area contributed by atoms with Crippen LogP contribution in [0.15, 0.2) is 82.6 Å². The number of rotatable bonds is 9. The molecule has 0 saturated carbocycles. The van der Waals surface area contributed by atoms with Gasteiger partial charge in [0.1, 0.15) is 6.54 Å². The normalized spacial score (nSPS) is 11.2. The van der Waals surface area contributed by atoms with Crippen LogP contribution in [0, 0.1) is 20.8 Å². The number of sulfonamides is 1. The van der Waals surface area contributed by atoms with Crippen molar-refractivity contribution in [2.45, 2.75) is 30.6 Å². The Balaban J connectivity index is 1.72. The molecule has 1 amide bonds. The first-order valence-corrected chi connectivity index (χ1v) is 12.8. The van der Waals surface area contributed by atoms with Gasteiger partial charge in [0, 0.05) is 17.2 Å². The van der Waals surface area contributed by atoms with Gasteiger partial charge in [-0.15, -0.1) is 11.8 Å². The van der Waals surface area contributed by atoms with Gasteiger partial charge in [0.2, 0.25) is 5.91 Å². The number of hydrogen-bond donors (Lipinski definition) is 1. The van der Waals surface area contributed by atoms with Crippen molar-refractivity contribution >= 4 is 33.4 Å². The molecule has 3 aromatic carbocycles. The van der Waals surface area contributed by atoms with Crippen LogP contribution in [0.4, 0.5) is 5.69 Å². The number of benzene rings is 3. The van der Waals surface area contributed by atoms with E-state index in [1.54, 1.807) is 48.2 Å². The van der Waals surface area contributed by atoms with Crippen LogP contribution >= 0.6 is 11.8 Å². The second-order valence-electron chi connectivity index (χ2n) is 7.63. The van der Waals surface area contributed by atoms with Gasteiger partial charge in [-0.2, -0.15) is 0 Å². The molecule has 7 heteroatoms. The third-order valence-corrected chi connectivity index (χ3v) is 7.74. The predicted octanol–water partition coefficient (Wildman–Crippen LogP) is 4.72. The lowest BCUT2D eigenvalue weighted by molar-refractivity contribution is -0.119. The van der Waals surface area contributed by atoms with Gasteiger partial charge in [0.25, 0.3) is 10.0 Å². The fraction of sp³-hybridized carbons (Fsp3) is 0.240. The molecule has 0 atom stereocenters. The molecule has 0 fully saturated rings. The first kappa shape index (κ1) is 23.9. The van der Waals surface area contributed by atoms with Crippen molar-refractivity contribution in [3.63, 3.8) is 0 Å². The summed E-state index contributed by atoms with van der Waals surface area (Å²) < 4.78 is 28.0. The lowest BCUT2D eigenvalue weighted by Gasteiger charge is -2.26.